The van der Waals surface area contributed by atoms with Crippen LogP contribution >= 0.6 is 0 Å². The molecule has 2 heterocycles. The van der Waals surface area contributed by atoms with Crippen LogP contribution in [0.15, 0.2) is 0 Å². The molecular weight excluding hydrogens is 240 g/mol. The van der Waals surface area contributed by atoms with Crippen LogP contribution in [0.2, 0.25) is 0 Å². The smallest absolute Gasteiger partial charge is 0.336 e. The number of hydrazine groups is 1. The molecule has 2 aliphatic heterocycles. The molecule has 8 heteroatoms. The third-order valence-corrected chi connectivity index (χ3v) is 2.87. The molecule has 102 valence electrons. The number of nitrogens with one attached hydrogen (secondary N) is 2. The van der Waals surface area contributed by atoms with Gasteiger partial charge in [0.25, 0.3) is 0 Å². The number of ether oxygens (including phenoxy) is 2. The second-order valence-corrected chi connectivity index (χ2v) is 4.06. The van der Waals surface area contributed by atoms with Crippen molar-refractivity contribution in [2.45, 2.75) is 0 Å². The minimum Gasteiger partial charge on any atom is -0.378 e. The van der Waals surface area contributed by atoms with Gasteiger partial charge >= 0.3 is 12.1 Å². The van der Waals surface area contributed by atoms with E-state index in [1.165, 1.54) is 0 Å². The van der Waals surface area contributed by atoms with Crippen molar-refractivity contribution in [1.29, 1.82) is 0 Å². The van der Waals surface area contributed by atoms with Gasteiger partial charge in [-0.05, 0) is 0 Å². The lowest BCUT2D eigenvalue weighted by atomic mass is 10.4. The third kappa shape index (κ3) is 3.47. The van der Waals surface area contributed by atoms with Crippen LogP contribution in [-0.2, 0) is 9.47 Å². The van der Waals surface area contributed by atoms with Gasteiger partial charge in [-0.25, -0.2) is 20.4 Å². The van der Waals surface area contributed by atoms with Crippen LogP contribution in [-0.4, -0.2) is 74.5 Å². The molecule has 0 saturated carbocycles. The van der Waals surface area contributed by atoms with Gasteiger partial charge in [-0.2, -0.15) is 0 Å². The molecule has 0 radical (unpaired) electrons. The number of nitrogens with zero attached hydrogens (tertiary/aromatic N) is 2. The summed E-state index contributed by atoms with van der Waals surface area (Å²) in [6.45, 7) is 4.29. The fourth-order valence-electron chi connectivity index (χ4n) is 1.80. The molecule has 8 nitrogen and oxygen atoms in total. The van der Waals surface area contributed by atoms with Gasteiger partial charge in [0.15, 0.2) is 0 Å². The van der Waals surface area contributed by atoms with Gasteiger partial charge in [0, 0.05) is 26.2 Å². The minimum absolute atomic E-state index is 0.306. The van der Waals surface area contributed by atoms with Gasteiger partial charge in [0.1, 0.15) is 0 Å². The molecule has 2 aliphatic rings. The average Bonchev–Trinajstić information content (AvgIpc) is 2.46. The molecule has 4 amide bonds. The Kier molecular flexibility index (Phi) is 4.59. The van der Waals surface area contributed by atoms with E-state index in [1.807, 2.05) is 0 Å². The number of amides is 4. The van der Waals surface area contributed by atoms with Crippen LogP contribution in [0, 0.1) is 0 Å². The maximum atomic E-state index is 11.7. The van der Waals surface area contributed by atoms with Crippen molar-refractivity contribution in [1.82, 2.24) is 20.7 Å². The highest BCUT2D eigenvalue weighted by molar-refractivity contribution is 5.80. The number of carbonyl (C=O) groups is 2. The summed E-state index contributed by atoms with van der Waals surface area (Å²) in [5.74, 6) is 0. The number of morpholine rings is 2. The monoisotopic (exact) mass is 258 g/mol. The fourth-order valence-corrected chi connectivity index (χ4v) is 1.80. The molecule has 0 aliphatic carbocycles. The quantitative estimate of drug-likeness (QED) is 0.545. The van der Waals surface area contributed by atoms with Gasteiger partial charge in [0.05, 0.1) is 26.4 Å². The van der Waals surface area contributed by atoms with Crippen LogP contribution in [0.4, 0.5) is 9.59 Å². The first-order valence-corrected chi connectivity index (χ1v) is 6.03. The summed E-state index contributed by atoms with van der Waals surface area (Å²) in [6, 6.07) is -0.611. The minimum atomic E-state index is -0.306. The highest BCUT2D eigenvalue weighted by atomic mass is 16.5. The third-order valence-electron chi connectivity index (χ3n) is 2.87. The highest BCUT2D eigenvalue weighted by Gasteiger charge is 2.20. The Labute approximate surface area is 105 Å². The zero-order chi connectivity index (χ0) is 12.8. The largest absolute Gasteiger partial charge is 0.378 e. The van der Waals surface area contributed by atoms with Gasteiger partial charge in [-0.3, -0.25) is 0 Å². The molecule has 2 saturated heterocycles. The van der Waals surface area contributed by atoms with E-state index in [9.17, 15) is 9.59 Å². The SMILES string of the molecule is O=C(NNC(=O)N1CCOCC1)N1CCOCC1. The summed E-state index contributed by atoms with van der Waals surface area (Å²) in [4.78, 5) is 26.6. The summed E-state index contributed by atoms with van der Waals surface area (Å²) in [6.07, 6.45) is 0. The van der Waals surface area contributed by atoms with Crippen LogP contribution in [0.1, 0.15) is 0 Å². The highest BCUT2D eigenvalue weighted by Crippen LogP contribution is 1.98. The second kappa shape index (κ2) is 6.41. The number of rotatable bonds is 0. The predicted octanol–water partition coefficient (Wildman–Crippen LogP) is -1.01. The van der Waals surface area contributed by atoms with E-state index in [4.69, 9.17) is 9.47 Å². The van der Waals surface area contributed by atoms with Crippen molar-refractivity contribution < 1.29 is 19.1 Å². The second-order valence-electron chi connectivity index (χ2n) is 4.06. The lowest BCUT2D eigenvalue weighted by molar-refractivity contribution is 0.0482. The fraction of sp³-hybridized carbons (Fsp3) is 0.800. The van der Waals surface area contributed by atoms with Gasteiger partial charge in [-0.15, -0.1) is 0 Å². The Bertz CT molecular complexity index is 270. The van der Waals surface area contributed by atoms with Crippen LogP contribution in [0.3, 0.4) is 0 Å². The summed E-state index contributed by atoms with van der Waals surface area (Å²) in [5, 5.41) is 0. The van der Waals surface area contributed by atoms with Crippen molar-refractivity contribution in [3.05, 3.63) is 0 Å². The standard InChI is InChI=1S/C10H18N4O4/c15-9(13-1-5-17-6-2-13)11-12-10(16)14-3-7-18-8-4-14/h1-8H2,(H,11,15)(H,12,16). The Balaban J connectivity index is 1.69. The Morgan fingerprint density at radius 3 is 1.39 bits per heavy atom. The van der Waals surface area contributed by atoms with Crippen molar-refractivity contribution in [3.63, 3.8) is 0 Å². The molecule has 0 aromatic carbocycles. The number of urea groups is 2. The van der Waals surface area contributed by atoms with Crippen molar-refractivity contribution in [3.8, 4) is 0 Å². The first-order valence-electron chi connectivity index (χ1n) is 6.03. The van der Waals surface area contributed by atoms with Gasteiger partial charge in [-0.1, -0.05) is 0 Å². The predicted molar refractivity (Wildman–Crippen MR) is 61.8 cm³/mol. The van der Waals surface area contributed by atoms with E-state index in [2.05, 4.69) is 10.9 Å². The molecule has 0 atom stereocenters. The van der Waals surface area contributed by atoms with E-state index < -0.39 is 0 Å². The molecule has 2 fully saturated rings. The summed E-state index contributed by atoms with van der Waals surface area (Å²) < 4.78 is 10.3. The molecular formula is C10H18N4O4. The Morgan fingerprint density at radius 1 is 0.722 bits per heavy atom. The summed E-state index contributed by atoms with van der Waals surface area (Å²) in [7, 11) is 0. The van der Waals surface area contributed by atoms with E-state index in [1.54, 1.807) is 9.80 Å². The number of hydrogen-bond donors (Lipinski definition) is 2. The first kappa shape index (κ1) is 12.9. The molecule has 18 heavy (non-hydrogen) atoms. The lowest BCUT2D eigenvalue weighted by Crippen LogP contribution is -2.56. The van der Waals surface area contributed by atoms with Crippen LogP contribution in [0.25, 0.3) is 0 Å². The normalized spacial score (nSPS) is 20.4. The molecule has 2 N–H and O–H groups in total. The van der Waals surface area contributed by atoms with Gasteiger partial charge < -0.3 is 19.3 Å². The van der Waals surface area contributed by atoms with E-state index >= 15 is 0 Å². The Morgan fingerprint density at radius 2 is 1.06 bits per heavy atom. The van der Waals surface area contributed by atoms with Crippen LogP contribution in [0.5, 0.6) is 0 Å². The summed E-state index contributed by atoms with van der Waals surface area (Å²) >= 11 is 0. The van der Waals surface area contributed by atoms with E-state index in [0.29, 0.717) is 52.6 Å². The van der Waals surface area contributed by atoms with E-state index in [-0.39, 0.29) is 12.1 Å². The van der Waals surface area contributed by atoms with Crippen LogP contribution < -0.4 is 10.9 Å². The molecule has 0 spiro atoms. The number of carbonyl (C=O) groups excluding carboxylic acids is 2. The molecule has 0 aromatic heterocycles. The average molecular weight is 258 g/mol. The van der Waals surface area contributed by atoms with Gasteiger partial charge in [0.2, 0.25) is 0 Å². The zero-order valence-corrected chi connectivity index (χ0v) is 10.2. The van der Waals surface area contributed by atoms with E-state index in [0.717, 1.165) is 0 Å². The maximum absolute atomic E-state index is 11.7. The topological polar surface area (TPSA) is 83.1 Å². The molecule has 2 rings (SSSR count). The number of hydrogen-bond acceptors (Lipinski definition) is 4. The lowest BCUT2D eigenvalue weighted by Gasteiger charge is -2.29. The zero-order valence-electron chi connectivity index (χ0n) is 10.2. The first-order chi connectivity index (χ1) is 8.77. The Hall–Kier alpha value is -1.54. The molecule has 0 unspecified atom stereocenters. The van der Waals surface area contributed by atoms with Crippen molar-refractivity contribution >= 4 is 12.1 Å². The maximum Gasteiger partial charge on any atom is 0.336 e. The van der Waals surface area contributed by atoms with Crippen molar-refractivity contribution in [2.24, 2.45) is 0 Å². The molecule has 0 aromatic rings. The summed E-state index contributed by atoms with van der Waals surface area (Å²) in [5.41, 5.74) is 4.80. The molecule has 0 bridgehead atoms. The van der Waals surface area contributed by atoms with Crippen molar-refractivity contribution in [2.75, 3.05) is 52.6 Å².